The van der Waals surface area contributed by atoms with Crippen LogP contribution in [-0.2, 0) is 0 Å². The van der Waals surface area contributed by atoms with Crippen molar-refractivity contribution < 1.29 is 0 Å². The van der Waals surface area contributed by atoms with Crippen LogP contribution in [0.1, 0.15) is 48.0 Å². The van der Waals surface area contributed by atoms with E-state index in [-0.39, 0.29) is 0 Å². The van der Waals surface area contributed by atoms with Gasteiger partial charge in [-0.3, -0.25) is 0 Å². The van der Waals surface area contributed by atoms with Gasteiger partial charge >= 0.3 is 91.0 Å². The summed E-state index contributed by atoms with van der Waals surface area (Å²) in [5.74, 6) is 3.36. The van der Waals surface area contributed by atoms with Gasteiger partial charge in [0, 0.05) is 0 Å². The van der Waals surface area contributed by atoms with Gasteiger partial charge in [-0.05, 0) is 0 Å². The quantitative estimate of drug-likeness (QED) is 0.582. The molecule has 0 amide bonds. The average Bonchev–Trinajstić information content (AvgIpc) is 2.16. The Morgan fingerprint density at radius 2 is 1.79 bits per heavy atom. The summed E-state index contributed by atoms with van der Waals surface area (Å²) in [7, 11) is -1.22. The van der Waals surface area contributed by atoms with Crippen molar-refractivity contribution in [3.05, 3.63) is 11.9 Å². The number of allylic oxidation sites excluding steroid dienone is 1. The Labute approximate surface area is 91.5 Å². The van der Waals surface area contributed by atoms with Crippen molar-refractivity contribution in [1.82, 2.24) is 0 Å². The molecule has 0 aliphatic carbocycles. The van der Waals surface area contributed by atoms with Gasteiger partial charge in [0.05, 0.1) is 0 Å². The summed E-state index contributed by atoms with van der Waals surface area (Å²) in [5, 5.41) is 0.517. The molecule has 1 atom stereocenters. The fraction of sp³-hybridized carbons (Fsp3) is 0.846. The van der Waals surface area contributed by atoms with Crippen molar-refractivity contribution in [3.63, 3.8) is 0 Å². The summed E-state index contributed by atoms with van der Waals surface area (Å²) in [5.41, 5.74) is 0. The van der Waals surface area contributed by atoms with Crippen molar-refractivity contribution in [1.29, 1.82) is 0 Å². The minimum absolute atomic E-state index is 0.517. The van der Waals surface area contributed by atoms with E-state index in [9.17, 15) is 0 Å². The van der Waals surface area contributed by atoms with Gasteiger partial charge in [0.2, 0.25) is 0 Å². The minimum atomic E-state index is -1.22. The Kier molecular flexibility index (Phi) is 5.37. The Morgan fingerprint density at radius 3 is 2.07 bits per heavy atom. The molecule has 0 aromatic carbocycles. The molecule has 0 fully saturated rings. The monoisotopic (exact) mass is 216 g/mol. The fourth-order valence-electron chi connectivity index (χ4n) is 2.23. The number of rotatable bonds is 5. The van der Waals surface area contributed by atoms with Crippen LogP contribution in [0.4, 0.5) is 0 Å². The first-order chi connectivity index (χ1) is 6.35. The van der Waals surface area contributed by atoms with Crippen molar-refractivity contribution in [2.24, 2.45) is 5.92 Å². The van der Waals surface area contributed by atoms with Gasteiger partial charge in [0.25, 0.3) is 0 Å². The summed E-state index contributed by atoms with van der Waals surface area (Å²) < 4.78 is 0. The molecule has 0 nitrogen and oxygen atoms in total. The van der Waals surface area contributed by atoms with E-state index in [4.69, 9.17) is 0 Å². The first kappa shape index (κ1) is 14.2. The van der Waals surface area contributed by atoms with Crippen molar-refractivity contribution in [2.45, 2.75) is 53.1 Å². The van der Waals surface area contributed by atoms with Crippen LogP contribution in [0.15, 0.2) is 11.9 Å². The predicted octanol–water partition coefficient (Wildman–Crippen LogP) is 4.74. The third-order valence-electron chi connectivity index (χ3n) is 4.59. The Morgan fingerprint density at radius 1 is 1.29 bits per heavy atom. The second-order valence-electron chi connectivity index (χ2n) is 5.30. The first-order valence-corrected chi connectivity index (χ1v) is 8.78. The molecule has 0 rings (SSSR count). The van der Waals surface area contributed by atoms with E-state index in [0.717, 1.165) is 5.92 Å². The summed E-state index contributed by atoms with van der Waals surface area (Å²) >= 11 is 0. The van der Waals surface area contributed by atoms with E-state index < -0.39 is 7.26 Å². The second kappa shape index (κ2) is 5.31. The summed E-state index contributed by atoms with van der Waals surface area (Å²) in [6.07, 6.45) is 4.92. The third kappa shape index (κ3) is 2.60. The van der Waals surface area contributed by atoms with E-state index in [1.54, 1.807) is 0 Å². The molecule has 86 valence electrons. The Hall–Kier alpha value is 0.170. The van der Waals surface area contributed by atoms with Crippen LogP contribution in [0.3, 0.4) is 0 Å². The van der Waals surface area contributed by atoms with Gasteiger partial charge in [0.15, 0.2) is 0 Å². The van der Waals surface area contributed by atoms with E-state index >= 15 is 0 Å². The number of hydrogen-bond donors (Lipinski definition) is 0. The van der Waals surface area contributed by atoms with E-state index in [2.05, 4.69) is 60.1 Å². The predicted molar refractivity (Wildman–Crippen MR) is 73.1 cm³/mol. The SMILES string of the molecule is C/C=C\[PH](C)(CC)C(C)(C)C(C)CC. The Balaban J connectivity index is 4.99. The summed E-state index contributed by atoms with van der Waals surface area (Å²) in [6, 6.07) is 0. The second-order valence-corrected chi connectivity index (χ2v) is 10.5. The van der Waals surface area contributed by atoms with Crippen LogP contribution in [0.25, 0.3) is 0 Å². The third-order valence-corrected chi connectivity index (χ3v) is 10.6. The zero-order chi connectivity index (χ0) is 11.4. The van der Waals surface area contributed by atoms with Crippen LogP contribution >= 0.6 is 7.26 Å². The Bertz CT molecular complexity index is 193. The zero-order valence-corrected chi connectivity index (χ0v) is 12.1. The molecule has 0 aliphatic heterocycles. The molecule has 14 heavy (non-hydrogen) atoms. The molecule has 0 radical (unpaired) electrons. The van der Waals surface area contributed by atoms with E-state index in [1.807, 2.05) is 0 Å². The summed E-state index contributed by atoms with van der Waals surface area (Å²) in [6.45, 7) is 16.7. The van der Waals surface area contributed by atoms with Crippen LogP contribution < -0.4 is 0 Å². The molecule has 0 aliphatic rings. The molecular formula is C13H29P. The van der Waals surface area contributed by atoms with E-state index in [0.29, 0.717) is 5.16 Å². The molecule has 0 heterocycles. The molecule has 0 aromatic rings. The van der Waals surface area contributed by atoms with Gasteiger partial charge in [-0.1, -0.05) is 0 Å². The van der Waals surface area contributed by atoms with Crippen LogP contribution in [0.5, 0.6) is 0 Å². The molecule has 1 unspecified atom stereocenters. The molecule has 0 N–H and O–H groups in total. The van der Waals surface area contributed by atoms with Gasteiger partial charge in [0.1, 0.15) is 0 Å². The standard InChI is InChI=1S/C13H29P/c1-8-11-14(7,10-3)13(5,6)12(4)9-2/h8,11-12,14H,9-10H2,1-7H3/b11-8-. The average molecular weight is 216 g/mol. The number of hydrogen-bond acceptors (Lipinski definition) is 0. The molecule has 0 bridgehead atoms. The van der Waals surface area contributed by atoms with Crippen molar-refractivity contribution >= 4 is 7.26 Å². The van der Waals surface area contributed by atoms with Crippen LogP contribution in [0.2, 0.25) is 0 Å². The topological polar surface area (TPSA) is 0 Å². The molecule has 0 spiro atoms. The van der Waals surface area contributed by atoms with Gasteiger partial charge < -0.3 is 0 Å². The summed E-state index contributed by atoms with van der Waals surface area (Å²) in [4.78, 5) is 0. The maximum absolute atomic E-state index is 2.53. The van der Waals surface area contributed by atoms with Crippen molar-refractivity contribution in [3.8, 4) is 0 Å². The van der Waals surface area contributed by atoms with Crippen LogP contribution in [0, 0.1) is 5.92 Å². The molecule has 0 saturated heterocycles. The van der Waals surface area contributed by atoms with Gasteiger partial charge in [-0.15, -0.1) is 0 Å². The van der Waals surface area contributed by atoms with Crippen molar-refractivity contribution in [2.75, 3.05) is 12.8 Å². The molecule has 0 saturated carbocycles. The fourth-order valence-corrected chi connectivity index (χ4v) is 5.87. The van der Waals surface area contributed by atoms with Crippen LogP contribution in [-0.4, -0.2) is 18.0 Å². The van der Waals surface area contributed by atoms with Gasteiger partial charge in [-0.25, -0.2) is 0 Å². The van der Waals surface area contributed by atoms with E-state index in [1.165, 1.54) is 12.6 Å². The zero-order valence-electron chi connectivity index (χ0n) is 11.1. The normalized spacial score (nSPS) is 17.4. The molecule has 0 aromatic heterocycles. The molecular weight excluding hydrogens is 187 g/mol. The maximum atomic E-state index is 2.53. The first-order valence-electron chi connectivity index (χ1n) is 5.99. The molecule has 1 heteroatoms. The van der Waals surface area contributed by atoms with Gasteiger partial charge in [-0.2, -0.15) is 0 Å².